The number of hydrogen-bond donors (Lipinski definition) is 3. The average Bonchev–Trinajstić information content (AvgIpc) is 2.76. The van der Waals surface area contributed by atoms with Crippen LogP contribution >= 0.6 is 0 Å². The van der Waals surface area contributed by atoms with Crippen LogP contribution in [0.3, 0.4) is 0 Å². The van der Waals surface area contributed by atoms with E-state index in [-0.39, 0.29) is 30.3 Å². The van der Waals surface area contributed by atoms with Crippen LogP contribution in [0, 0.1) is 12.7 Å². The monoisotopic (exact) mass is 440 g/mol. The van der Waals surface area contributed by atoms with Crippen LogP contribution in [0.2, 0.25) is 0 Å². The molecule has 170 valence electrons. The van der Waals surface area contributed by atoms with Gasteiger partial charge in [0.25, 0.3) is 0 Å². The molecule has 1 heterocycles. The molecule has 32 heavy (non-hydrogen) atoms. The number of aryl methyl sites for hydroxylation is 1. The van der Waals surface area contributed by atoms with E-state index in [1.54, 1.807) is 23.1 Å². The second-order valence-corrected chi connectivity index (χ2v) is 8.11. The predicted octanol–water partition coefficient (Wildman–Crippen LogP) is 2.99. The number of amides is 4. The van der Waals surface area contributed by atoms with Crippen LogP contribution in [-0.2, 0) is 16.0 Å². The Kier molecular flexibility index (Phi) is 7.81. The number of hydrogen-bond acceptors (Lipinski definition) is 3. The van der Waals surface area contributed by atoms with Crippen LogP contribution in [-0.4, -0.2) is 47.9 Å². The number of nitrogens with one attached hydrogen (secondary N) is 3. The maximum atomic E-state index is 14.0. The fourth-order valence-electron chi connectivity index (χ4n) is 3.71. The first-order chi connectivity index (χ1) is 15.3. The number of anilines is 1. The van der Waals surface area contributed by atoms with Crippen molar-refractivity contribution in [1.82, 2.24) is 15.5 Å². The highest BCUT2D eigenvalue weighted by Gasteiger charge is 2.27. The fraction of sp³-hybridized carbons (Fsp3) is 0.375. The topological polar surface area (TPSA) is 90.5 Å². The predicted molar refractivity (Wildman–Crippen MR) is 121 cm³/mol. The number of benzene rings is 2. The molecule has 1 fully saturated rings. The first-order valence-electron chi connectivity index (χ1n) is 10.8. The summed E-state index contributed by atoms with van der Waals surface area (Å²) in [6.07, 6.45) is 1.26. The Labute approximate surface area is 187 Å². The number of carbonyl (C=O) groups is 3. The van der Waals surface area contributed by atoms with Crippen molar-refractivity contribution in [2.45, 2.75) is 45.2 Å². The Bertz CT molecular complexity index is 956. The molecule has 0 saturated carbocycles. The molecule has 2 aromatic carbocycles. The molecule has 0 aliphatic carbocycles. The Hall–Kier alpha value is -3.42. The molecule has 3 rings (SSSR count). The van der Waals surface area contributed by atoms with Gasteiger partial charge in [0.15, 0.2) is 0 Å². The summed E-state index contributed by atoms with van der Waals surface area (Å²) in [7, 11) is 0. The minimum Gasteiger partial charge on any atom is -0.351 e. The van der Waals surface area contributed by atoms with E-state index in [0.29, 0.717) is 31.5 Å². The van der Waals surface area contributed by atoms with Gasteiger partial charge in [-0.05, 0) is 43.5 Å². The lowest BCUT2D eigenvalue weighted by molar-refractivity contribution is -0.128. The van der Waals surface area contributed by atoms with Crippen molar-refractivity contribution in [2.24, 2.45) is 0 Å². The average molecular weight is 441 g/mol. The molecule has 0 spiro atoms. The maximum absolute atomic E-state index is 14.0. The first kappa shape index (κ1) is 23.2. The molecular formula is C24H29FN4O3. The van der Waals surface area contributed by atoms with Crippen molar-refractivity contribution in [2.75, 3.05) is 18.4 Å². The molecule has 0 bridgehead atoms. The van der Waals surface area contributed by atoms with Crippen LogP contribution < -0.4 is 16.0 Å². The van der Waals surface area contributed by atoms with Gasteiger partial charge < -0.3 is 20.9 Å². The number of piperidine rings is 1. The summed E-state index contributed by atoms with van der Waals surface area (Å²) >= 11 is 0. The molecule has 3 N–H and O–H groups in total. The largest absolute Gasteiger partial charge is 0.351 e. The molecule has 0 aromatic heterocycles. The van der Waals surface area contributed by atoms with E-state index in [4.69, 9.17) is 0 Å². The van der Waals surface area contributed by atoms with E-state index in [0.717, 1.165) is 11.3 Å². The minimum atomic E-state index is -0.868. The summed E-state index contributed by atoms with van der Waals surface area (Å²) in [5, 5.41) is 8.44. The smallest absolute Gasteiger partial charge is 0.321 e. The third kappa shape index (κ3) is 6.54. The van der Waals surface area contributed by atoms with Crippen molar-refractivity contribution in [3.05, 3.63) is 65.5 Å². The number of rotatable bonds is 6. The zero-order chi connectivity index (χ0) is 23.1. The quantitative estimate of drug-likeness (QED) is 0.645. The van der Waals surface area contributed by atoms with Gasteiger partial charge in [-0.15, -0.1) is 0 Å². The minimum absolute atomic E-state index is 0.0654. The standard InChI is InChI=1S/C24H29FN4O3/c1-16-7-9-19(10-8-16)28-24(32)29-13-11-20(12-14-29)27-23(31)22(26-17(2)30)15-18-5-3-4-6-21(18)25/h3-10,20,22H,11-15H2,1-2H3,(H,26,30)(H,27,31)(H,28,32). The summed E-state index contributed by atoms with van der Waals surface area (Å²) in [6.45, 7) is 4.31. The number of likely N-dealkylation sites (tertiary alicyclic amines) is 1. The highest BCUT2D eigenvalue weighted by molar-refractivity contribution is 5.89. The highest BCUT2D eigenvalue weighted by Crippen LogP contribution is 2.15. The van der Waals surface area contributed by atoms with Crippen molar-refractivity contribution < 1.29 is 18.8 Å². The van der Waals surface area contributed by atoms with E-state index in [1.807, 2.05) is 31.2 Å². The molecule has 1 atom stereocenters. The Morgan fingerprint density at radius 2 is 1.72 bits per heavy atom. The van der Waals surface area contributed by atoms with Crippen LogP contribution in [0.25, 0.3) is 0 Å². The van der Waals surface area contributed by atoms with Gasteiger partial charge in [0, 0.05) is 38.2 Å². The van der Waals surface area contributed by atoms with Gasteiger partial charge in [0.2, 0.25) is 11.8 Å². The second-order valence-electron chi connectivity index (χ2n) is 8.11. The zero-order valence-corrected chi connectivity index (χ0v) is 18.4. The van der Waals surface area contributed by atoms with Gasteiger partial charge in [-0.25, -0.2) is 9.18 Å². The van der Waals surface area contributed by atoms with Crippen LogP contribution in [0.15, 0.2) is 48.5 Å². The zero-order valence-electron chi connectivity index (χ0n) is 18.4. The molecular weight excluding hydrogens is 411 g/mol. The molecule has 4 amide bonds. The van der Waals surface area contributed by atoms with Gasteiger partial charge >= 0.3 is 6.03 Å². The molecule has 2 aromatic rings. The molecule has 0 radical (unpaired) electrons. The molecule has 1 aliphatic rings. The van der Waals surface area contributed by atoms with Crippen LogP contribution in [0.4, 0.5) is 14.9 Å². The first-order valence-corrected chi connectivity index (χ1v) is 10.8. The normalized spacial score (nSPS) is 15.0. The Balaban J connectivity index is 1.52. The fourth-order valence-corrected chi connectivity index (χ4v) is 3.71. The summed E-state index contributed by atoms with van der Waals surface area (Å²) in [4.78, 5) is 38.6. The van der Waals surface area contributed by atoms with Crippen LogP contribution in [0.1, 0.15) is 30.9 Å². The molecule has 1 aliphatic heterocycles. The SMILES string of the molecule is CC(=O)NC(Cc1ccccc1F)C(=O)NC1CCN(C(=O)Nc2ccc(C)cc2)CC1. The van der Waals surface area contributed by atoms with E-state index in [9.17, 15) is 18.8 Å². The van der Waals surface area contributed by atoms with Crippen LogP contribution in [0.5, 0.6) is 0 Å². The summed E-state index contributed by atoms with van der Waals surface area (Å²) in [5.74, 6) is -1.13. The summed E-state index contributed by atoms with van der Waals surface area (Å²) in [6, 6.07) is 12.6. The van der Waals surface area contributed by atoms with Gasteiger partial charge in [-0.1, -0.05) is 35.9 Å². The number of nitrogens with zero attached hydrogens (tertiary/aromatic N) is 1. The van der Waals surface area contributed by atoms with E-state index in [2.05, 4.69) is 16.0 Å². The number of halogens is 1. The third-order valence-electron chi connectivity index (χ3n) is 5.51. The van der Waals surface area contributed by atoms with E-state index < -0.39 is 11.9 Å². The second kappa shape index (κ2) is 10.7. The van der Waals surface area contributed by atoms with Gasteiger partial charge in [0.1, 0.15) is 11.9 Å². The lowest BCUT2D eigenvalue weighted by atomic mass is 10.0. The van der Waals surface area contributed by atoms with Crippen molar-refractivity contribution in [3.63, 3.8) is 0 Å². The maximum Gasteiger partial charge on any atom is 0.321 e. The van der Waals surface area contributed by atoms with Gasteiger partial charge in [0.05, 0.1) is 0 Å². The van der Waals surface area contributed by atoms with E-state index in [1.165, 1.54) is 13.0 Å². The van der Waals surface area contributed by atoms with Crippen molar-refractivity contribution >= 4 is 23.5 Å². The lowest BCUT2D eigenvalue weighted by Crippen LogP contribution is -2.53. The Morgan fingerprint density at radius 1 is 1.06 bits per heavy atom. The van der Waals surface area contributed by atoms with E-state index >= 15 is 0 Å². The molecule has 8 heteroatoms. The molecule has 1 saturated heterocycles. The van der Waals surface area contributed by atoms with Gasteiger partial charge in [-0.3, -0.25) is 9.59 Å². The third-order valence-corrected chi connectivity index (χ3v) is 5.51. The lowest BCUT2D eigenvalue weighted by Gasteiger charge is -2.33. The van der Waals surface area contributed by atoms with Gasteiger partial charge in [-0.2, -0.15) is 0 Å². The molecule has 1 unspecified atom stereocenters. The van der Waals surface area contributed by atoms with Crippen molar-refractivity contribution in [1.29, 1.82) is 0 Å². The summed E-state index contributed by atoms with van der Waals surface area (Å²) in [5.41, 5.74) is 2.22. The van der Waals surface area contributed by atoms with Crippen molar-refractivity contribution in [3.8, 4) is 0 Å². The Morgan fingerprint density at radius 3 is 2.34 bits per heavy atom. The number of urea groups is 1. The highest BCUT2D eigenvalue weighted by atomic mass is 19.1. The number of carbonyl (C=O) groups excluding carboxylic acids is 3. The summed E-state index contributed by atoms with van der Waals surface area (Å²) < 4.78 is 14.0. The molecule has 7 nitrogen and oxygen atoms in total.